The standard InChI is InChI=1S/C14H18BrNO/c1-10-8-11(15)4-5-13(10)16-7-6-12(17)9-14(16,2)3/h4-5,8H,6-7,9H2,1-3H3. The Bertz CT molecular complexity index is 454. The predicted molar refractivity (Wildman–Crippen MR) is 74.5 cm³/mol. The maximum absolute atomic E-state index is 11.6. The van der Waals surface area contributed by atoms with E-state index in [2.05, 4.69) is 59.8 Å². The Kier molecular flexibility index (Phi) is 3.30. The van der Waals surface area contributed by atoms with Crippen LogP contribution in [-0.2, 0) is 4.79 Å². The lowest BCUT2D eigenvalue weighted by molar-refractivity contribution is -0.121. The van der Waals surface area contributed by atoms with E-state index < -0.39 is 0 Å². The Hall–Kier alpha value is -0.830. The van der Waals surface area contributed by atoms with E-state index in [1.54, 1.807) is 0 Å². The van der Waals surface area contributed by atoms with E-state index in [0.717, 1.165) is 11.0 Å². The molecule has 0 N–H and O–H groups in total. The van der Waals surface area contributed by atoms with Gasteiger partial charge in [0.2, 0.25) is 0 Å². The highest BCUT2D eigenvalue weighted by Gasteiger charge is 2.34. The van der Waals surface area contributed by atoms with Gasteiger partial charge in [-0.2, -0.15) is 0 Å². The zero-order valence-corrected chi connectivity index (χ0v) is 12.2. The zero-order chi connectivity index (χ0) is 12.6. The fraction of sp³-hybridized carbons (Fsp3) is 0.500. The van der Waals surface area contributed by atoms with E-state index in [9.17, 15) is 4.79 Å². The van der Waals surface area contributed by atoms with Crippen molar-refractivity contribution in [1.82, 2.24) is 0 Å². The molecule has 3 heteroatoms. The summed E-state index contributed by atoms with van der Waals surface area (Å²) in [6, 6.07) is 6.33. The van der Waals surface area contributed by atoms with Crippen LogP contribution in [0.25, 0.3) is 0 Å². The highest BCUT2D eigenvalue weighted by Crippen LogP contribution is 2.34. The summed E-state index contributed by atoms with van der Waals surface area (Å²) in [5.74, 6) is 0.376. The predicted octanol–water partition coefficient (Wildman–Crippen LogP) is 3.71. The minimum absolute atomic E-state index is 0.0755. The summed E-state index contributed by atoms with van der Waals surface area (Å²) < 4.78 is 1.10. The van der Waals surface area contributed by atoms with Gasteiger partial charge in [-0.1, -0.05) is 15.9 Å². The average molecular weight is 296 g/mol. The van der Waals surface area contributed by atoms with Crippen LogP contribution in [0.15, 0.2) is 22.7 Å². The van der Waals surface area contributed by atoms with Crippen LogP contribution in [0.4, 0.5) is 5.69 Å². The minimum atomic E-state index is -0.0755. The summed E-state index contributed by atoms with van der Waals surface area (Å²) in [6.45, 7) is 7.23. The van der Waals surface area contributed by atoms with Crippen molar-refractivity contribution in [1.29, 1.82) is 0 Å². The lowest BCUT2D eigenvalue weighted by atomic mass is 9.88. The van der Waals surface area contributed by atoms with Gasteiger partial charge in [0.25, 0.3) is 0 Å². The number of rotatable bonds is 1. The molecule has 0 unspecified atom stereocenters. The molecular weight excluding hydrogens is 278 g/mol. The highest BCUT2D eigenvalue weighted by molar-refractivity contribution is 9.10. The van der Waals surface area contributed by atoms with Crippen molar-refractivity contribution < 1.29 is 4.79 Å². The monoisotopic (exact) mass is 295 g/mol. The van der Waals surface area contributed by atoms with Crippen LogP contribution in [0.5, 0.6) is 0 Å². The van der Waals surface area contributed by atoms with Crippen LogP contribution in [0.1, 0.15) is 32.3 Å². The van der Waals surface area contributed by atoms with Crippen LogP contribution in [-0.4, -0.2) is 17.9 Å². The Balaban J connectivity index is 2.36. The summed E-state index contributed by atoms with van der Waals surface area (Å²) in [4.78, 5) is 13.9. The van der Waals surface area contributed by atoms with Gasteiger partial charge >= 0.3 is 0 Å². The Morgan fingerprint density at radius 1 is 1.35 bits per heavy atom. The van der Waals surface area contributed by atoms with Crippen molar-refractivity contribution in [3.05, 3.63) is 28.2 Å². The molecule has 92 valence electrons. The summed E-state index contributed by atoms with van der Waals surface area (Å²) >= 11 is 3.49. The largest absolute Gasteiger partial charge is 0.365 e. The first-order chi connectivity index (χ1) is 7.90. The molecule has 0 spiro atoms. The Morgan fingerprint density at radius 3 is 2.65 bits per heavy atom. The van der Waals surface area contributed by atoms with Crippen molar-refractivity contribution in [2.45, 2.75) is 39.2 Å². The summed E-state index contributed by atoms with van der Waals surface area (Å²) in [5.41, 5.74) is 2.42. The average Bonchev–Trinajstić information content (AvgIpc) is 2.18. The number of hydrogen-bond acceptors (Lipinski definition) is 2. The van der Waals surface area contributed by atoms with Crippen LogP contribution in [0.2, 0.25) is 0 Å². The maximum atomic E-state index is 11.6. The number of anilines is 1. The van der Waals surface area contributed by atoms with Crippen molar-refractivity contribution in [3.8, 4) is 0 Å². The third kappa shape index (κ3) is 2.54. The molecule has 0 aromatic heterocycles. The fourth-order valence-electron chi connectivity index (χ4n) is 2.57. The van der Waals surface area contributed by atoms with Gasteiger partial charge in [-0.15, -0.1) is 0 Å². The summed E-state index contributed by atoms with van der Waals surface area (Å²) in [7, 11) is 0. The van der Waals surface area contributed by atoms with Gasteiger partial charge in [0.1, 0.15) is 5.78 Å². The fourth-order valence-corrected chi connectivity index (χ4v) is 3.05. The minimum Gasteiger partial charge on any atom is -0.365 e. The molecule has 1 saturated heterocycles. The molecule has 0 bridgehead atoms. The molecule has 2 nitrogen and oxygen atoms in total. The number of piperidine rings is 1. The molecule has 1 aliphatic heterocycles. The molecule has 0 aliphatic carbocycles. The molecule has 0 amide bonds. The van der Waals surface area contributed by atoms with Gasteiger partial charge in [-0.05, 0) is 44.5 Å². The lowest BCUT2D eigenvalue weighted by Crippen LogP contribution is -2.50. The molecule has 1 heterocycles. The van der Waals surface area contributed by atoms with Crippen molar-refractivity contribution in [2.75, 3.05) is 11.4 Å². The van der Waals surface area contributed by atoms with Gasteiger partial charge in [0, 0.05) is 35.1 Å². The topological polar surface area (TPSA) is 20.3 Å². The number of carbonyl (C=O) groups excluding carboxylic acids is 1. The lowest BCUT2D eigenvalue weighted by Gasteiger charge is -2.44. The first kappa shape index (κ1) is 12.6. The van der Waals surface area contributed by atoms with Crippen LogP contribution in [0.3, 0.4) is 0 Å². The zero-order valence-electron chi connectivity index (χ0n) is 10.6. The number of Topliss-reactive ketones (excluding diaryl/α,β-unsaturated/α-hetero) is 1. The number of halogens is 1. The third-order valence-corrected chi connectivity index (χ3v) is 3.92. The second-order valence-corrected chi connectivity index (χ2v) is 6.28. The van der Waals surface area contributed by atoms with E-state index in [1.165, 1.54) is 11.3 Å². The van der Waals surface area contributed by atoms with Crippen LogP contribution < -0.4 is 4.90 Å². The van der Waals surface area contributed by atoms with E-state index in [0.29, 0.717) is 18.6 Å². The summed E-state index contributed by atoms with van der Waals surface area (Å²) in [5, 5.41) is 0. The smallest absolute Gasteiger partial charge is 0.136 e. The molecule has 0 saturated carbocycles. The quantitative estimate of drug-likeness (QED) is 0.787. The molecule has 0 atom stereocenters. The third-order valence-electron chi connectivity index (χ3n) is 3.42. The molecule has 2 rings (SSSR count). The van der Waals surface area contributed by atoms with E-state index in [1.807, 2.05) is 0 Å². The normalized spacial score (nSPS) is 19.5. The second-order valence-electron chi connectivity index (χ2n) is 5.36. The molecule has 1 fully saturated rings. The molecule has 1 aromatic rings. The van der Waals surface area contributed by atoms with E-state index in [4.69, 9.17) is 0 Å². The first-order valence-corrected chi connectivity index (χ1v) is 6.75. The SMILES string of the molecule is Cc1cc(Br)ccc1N1CCC(=O)CC1(C)C. The van der Waals surface area contributed by atoms with Crippen molar-refractivity contribution >= 4 is 27.4 Å². The van der Waals surface area contributed by atoms with Crippen molar-refractivity contribution in [2.24, 2.45) is 0 Å². The van der Waals surface area contributed by atoms with E-state index in [-0.39, 0.29) is 5.54 Å². The van der Waals surface area contributed by atoms with Gasteiger partial charge < -0.3 is 4.90 Å². The first-order valence-electron chi connectivity index (χ1n) is 5.96. The number of benzene rings is 1. The number of ketones is 1. The molecule has 0 radical (unpaired) electrons. The molecule has 17 heavy (non-hydrogen) atoms. The Morgan fingerprint density at radius 2 is 2.06 bits per heavy atom. The molecular formula is C14H18BrNO. The van der Waals surface area contributed by atoms with Crippen LogP contribution in [0, 0.1) is 6.92 Å². The number of nitrogens with zero attached hydrogens (tertiary/aromatic N) is 1. The summed E-state index contributed by atoms with van der Waals surface area (Å²) in [6.07, 6.45) is 1.31. The van der Waals surface area contributed by atoms with Gasteiger partial charge in [0.15, 0.2) is 0 Å². The maximum Gasteiger partial charge on any atom is 0.136 e. The van der Waals surface area contributed by atoms with E-state index >= 15 is 0 Å². The number of carbonyl (C=O) groups is 1. The van der Waals surface area contributed by atoms with Crippen LogP contribution >= 0.6 is 15.9 Å². The molecule has 1 aromatic carbocycles. The molecule has 1 aliphatic rings. The number of hydrogen-bond donors (Lipinski definition) is 0. The number of aryl methyl sites for hydroxylation is 1. The van der Waals surface area contributed by atoms with Crippen molar-refractivity contribution in [3.63, 3.8) is 0 Å². The second kappa shape index (κ2) is 4.45. The highest BCUT2D eigenvalue weighted by atomic mass is 79.9. The van der Waals surface area contributed by atoms with Gasteiger partial charge in [0.05, 0.1) is 0 Å². The van der Waals surface area contributed by atoms with Gasteiger partial charge in [-0.3, -0.25) is 4.79 Å². The Labute approximate surface area is 111 Å². The van der Waals surface area contributed by atoms with Gasteiger partial charge in [-0.25, -0.2) is 0 Å².